The highest BCUT2D eigenvalue weighted by atomic mass is 32.1. The standard InChI is InChI=1S/C20H16N2O3S/c1-24-14-8-6-13(7-9-14)19(23)21-12-15-10-11-17(25-15)20-22-16-4-2-3-5-18(16)26-20/h2-11H,12H2,1H3,(H,21,23). The molecule has 2 heterocycles. The number of hydrogen-bond donors (Lipinski definition) is 1. The molecule has 0 atom stereocenters. The molecule has 0 saturated carbocycles. The third-order valence-electron chi connectivity index (χ3n) is 3.94. The second-order valence-electron chi connectivity index (χ2n) is 5.66. The molecule has 2 aromatic carbocycles. The monoisotopic (exact) mass is 364 g/mol. The average Bonchev–Trinajstić information content (AvgIpc) is 3.32. The van der Waals surface area contributed by atoms with E-state index in [4.69, 9.17) is 9.15 Å². The van der Waals surface area contributed by atoms with Crippen LogP contribution in [0.2, 0.25) is 0 Å². The molecule has 0 radical (unpaired) electrons. The van der Waals surface area contributed by atoms with Gasteiger partial charge in [0, 0.05) is 5.56 Å². The van der Waals surface area contributed by atoms with Crippen molar-refractivity contribution in [1.29, 1.82) is 0 Å². The van der Waals surface area contributed by atoms with Crippen molar-refractivity contribution in [3.8, 4) is 16.5 Å². The van der Waals surface area contributed by atoms with E-state index in [1.165, 1.54) is 0 Å². The maximum atomic E-state index is 12.2. The van der Waals surface area contributed by atoms with Gasteiger partial charge < -0.3 is 14.5 Å². The van der Waals surface area contributed by atoms with Gasteiger partial charge in [-0.3, -0.25) is 4.79 Å². The number of carbonyl (C=O) groups is 1. The summed E-state index contributed by atoms with van der Waals surface area (Å²) in [5, 5.41) is 3.69. The lowest BCUT2D eigenvalue weighted by atomic mass is 10.2. The van der Waals surface area contributed by atoms with Crippen LogP contribution in [0.5, 0.6) is 5.75 Å². The lowest BCUT2D eigenvalue weighted by Crippen LogP contribution is -2.22. The van der Waals surface area contributed by atoms with E-state index in [2.05, 4.69) is 10.3 Å². The van der Waals surface area contributed by atoms with E-state index >= 15 is 0 Å². The molecule has 1 amide bonds. The van der Waals surface area contributed by atoms with Gasteiger partial charge in [-0.15, -0.1) is 11.3 Å². The summed E-state index contributed by atoms with van der Waals surface area (Å²) in [6, 6.07) is 18.7. The van der Waals surface area contributed by atoms with Crippen LogP contribution in [0.1, 0.15) is 16.1 Å². The quantitative estimate of drug-likeness (QED) is 0.566. The topological polar surface area (TPSA) is 64.4 Å². The Morgan fingerprint density at radius 1 is 1.12 bits per heavy atom. The summed E-state index contributed by atoms with van der Waals surface area (Å²) in [6.07, 6.45) is 0. The van der Waals surface area contributed by atoms with Gasteiger partial charge in [0.15, 0.2) is 10.8 Å². The summed E-state index contributed by atoms with van der Waals surface area (Å²) >= 11 is 1.58. The molecule has 0 unspecified atom stereocenters. The van der Waals surface area contributed by atoms with E-state index in [1.54, 1.807) is 42.7 Å². The molecule has 0 aliphatic carbocycles. The first-order chi connectivity index (χ1) is 12.7. The number of nitrogens with zero attached hydrogens (tertiary/aromatic N) is 1. The second-order valence-corrected chi connectivity index (χ2v) is 6.69. The molecular weight excluding hydrogens is 348 g/mol. The van der Waals surface area contributed by atoms with Crippen molar-refractivity contribution in [2.24, 2.45) is 0 Å². The van der Waals surface area contributed by atoms with Gasteiger partial charge in [0.05, 0.1) is 23.9 Å². The zero-order chi connectivity index (χ0) is 17.9. The van der Waals surface area contributed by atoms with Gasteiger partial charge in [0.2, 0.25) is 0 Å². The number of amides is 1. The smallest absolute Gasteiger partial charge is 0.251 e. The number of carbonyl (C=O) groups excluding carboxylic acids is 1. The Balaban J connectivity index is 1.43. The van der Waals surface area contributed by atoms with Gasteiger partial charge >= 0.3 is 0 Å². The molecule has 1 N–H and O–H groups in total. The number of methoxy groups -OCH3 is 1. The van der Waals surface area contributed by atoms with Crippen LogP contribution in [0.25, 0.3) is 21.0 Å². The molecular formula is C20H16N2O3S. The van der Waals surface area contributed by atoms with Crippen molar-refractivity contribution in [3.05, 3.63) is 72.0 Å². The molecule has 2 aromatic heterocycles. The molecule has 130 valence electrons. The maximum absolute atomic E-state index is 12.2. The van der Waals surface area contributed by atoms with Crippen molar-refractivity contribution in [3.63, 3.8) is 0 Å². The molecule has 0 fully saturated rings. The van der Waals surface area contributed by atoms with Gasteiger partial charge in [0.25, 0.3) is 5.91 Å². The highest BCUT2D eigenvalue weighted by Crippen LogP contribution is 2.31. The summed E-state index contributed by atoms with van der Waals surface area (Å²) in [5.74, 6) is 1.94. The van der Waals surface area contributed by atoms with Crippen LogP contribution in [-0.2, 0) is 6.54 Å². The fourth-order valence-corrected chi connectivity index (χ4v) is 3.50. The van der Waals surface area contributed by atoms with Crippen molar-refractivity contribution in [1.82, 2.24) is 10.3 Å². The molecule has 0 spiro atoms. The Morgan fingerprint density at radius 3 is 2.69 bits per heavy atom. The Morgan fingerprint density at radius 2 is 1.92 bits per heavy atom. The van der Waals surface area contributed by atoms with Gasteiger partial charge in [-0.25, -0.2) is 4.98 Å². The number of furan rings is 1. The Labute approximate surface area is 154 Å². The Kier molecular flexibility index (Phi) is 4.41. The molecule has 0 saturated heterocycles. The minimum atomic E-state index is -0.161. The molecule has 0 bridgehead atoms. The van der Waals surface area contributed by atoms with E-state index < -0.39 is 0 Å². The number of ether oxygens (including phenoxy) is 1. The number of fused-ring (bicyclic) bond motifs is 1. The number of rotatable bonds is 5. The molecule has 0 aliphatic heterocycles. The van der Waals surface area contributed by atoms with Crippen molar-refractivity contribution in [2.75, 3.05) is 7.11 Å². The number of para-hydroxylation sites is 1. The van der Waals surface area contributed by atoms with E-state index in [1.807, 2.05) is 36.4 Å². The number of hydrogen-bond acceptors (Lipinski definition) is 5. The molecule has 5 nitrogen and oxygen atoms in total. The van der Waals surface area contributed by atoms with Gasteiger partial charge in [-0.1, -0.05) is 12.1 Å². The van der Waals surface area contributed by atoms with Crippen molar-refractivity contribution < 1.29 is 13.9 Å². The lowest BCUT2D eigenvalue weighted by molar-refractivity contribution is 0.0948. The lowest BCUT2D eigenvalue weighted by Gasteiger charge is -2.04. The van der Waals surface area contributed by atoms with E-state index in [-0.39, 0.29) is 5.91 Å². The first kappa shape index (κ1) is 16.4. The summed E-state index contributed by atoms with van der Waals surface area (Å²) in [7, 11) is 1.59. The van der Waals surface area contributed by atoms with E-state index in [0.717, 1.165) is 15.2 Å². The minimum Gasteiger partial charge on any atom is -0.497 e. The van der Waals surface area contributed by atoms with Crippen LogP contribution in [0.4, 0.5) is 0 Å². The van der Waals surface area contributed by atoms with Crippen LogP contribution in [0.15, 0.2) is 65.1 Å². The Hall–Kier alpha value is -3.12. The normalized spacial score (nSPS) is 10.8. The van der Waals surface area contributed by atoms with Crippen LogP contribution < -0.4 is 10.1 Å². The first-order valence-corrected chi connectivity index (χ1v) is 8.91. The third kappa shape index (κ3) is 3.32. The largest absolute Gasteiger partial charge is 0.497 e. The first-order valence-electron chi connectivity index (χ1n) is 8.10. The number of benzene rings is 2. The summed E-state index contributed by atoms with van der Waals surface area (Å²) in [6.45, 7) is 0.315. The summed E-state index contributed by atoms with van der Waals surface area (Å²) < 4.78 is 12.0. The summed E-state index contributed by atoms with van der Waals surface area (Å²) in [5.41, 5.74) is 1.53. The Bertz CT molecular complexity index is 1020. The predicted molar refractivity (Wildman–Crippen MR) is 101 cm³/mol. The molecule has 26 heavy (non-hydrogen) atoms. The molecule has 6 heteroatoms. The zero-order valence-corrected chi connectivity index (χ0v) is 14.9. The fourth-order valence-electron chi connectivity index (χ4n) is 2.58. The summed E-state index contributed by atoms with van der Waals surface area (Å²) in [4.78, 5) is 16.8. The SMILES string of the molecule is COc1ccc(C(=O)NCc2ccc(-c3nc4ccccc4s3)o2)cc1. The van der Waals surface area contributed by atoms with Crippen molar-refractivity contribution >= 4 is 27.5 Å². The van der Waals surface area contributed by atoms with Crippen LogP contribution >= 0.6 is 11.3 Å². The minimum absolute atomic E-state index is 0.161. The zero-order valence-electron chi connectivity index (χ0n) is 14.1. The number of nitrogens with one attached hydrogen (secondary N) is 1. The highest BCUT2D eigenvalue weighted by molar-refractivity contribution is 7.21. The molecule has 4 aromatic rings. The maximum Gasteiger partial charge on any atom is 0.251 e. The van der Waals surface area contributed by atoms with Crippen LogP contribution in [-0.4, -0.2) is 18.0 Å². The van der Waals surface area contributed by atoms with Crippen LogP contribution in [0.3, 0.4) is 0 Å². The third-order valence-corrected chi connectivity index (χ3v) is 4.99. The van der Waals surface area contributed by atoms with Crippen LogP contribution in [0, 0.1) is 0 Å². The van der Waals surface area contributed by atoms with E-state index in [9.17, 15) is 4.79 Å². The second kappa shape index (κ2) is 7.01. The van der Waals surface area contributed by atoms with Gasteiger partial charge in [0.1, 0.15) is 11.5 Å². The fraction of sp³-hybridized carbons (Fsp3) is 0.100. The number of thiazole rings is 1. The molecule has 0 aliphatic rings. The van der Waals surface area contributed by atoms with Gasteiger partial charge in [-0.05, 0) is 48.5 Å². The highest BCUT2D eigenvalue weighted by Gasteiger charge is 2.11. The van der Waals surface area contributed by atoms with Crippen molar-refractivity contribution in [2.45, 2.75) is 6.54 Å². The molecule has 4 rings (SSSR count). The number of aromatic nitrogens is 1. The van der Waals surface area contributed by atoms with E-state index in [0.29, 0.717) is 29.4 Å². The predicted octanol–water partition coefficient (Wildman–Crippen LogP) is 4.49. The van der Waals surface area contributed by atoms with Gasteiger partial charge in [-0.2, -0.15) is 0 Å². The average molecular weight is 364 g/mol.